The van der Waals surface area contributed by atoms with Crippen LogP contribution in [0.25, 0.3) is 0 Å². The number of benzene rings is 1. The number of hydrogen-bond acceptors (Lipinski definition) is 3. The van der Waals surface area contributed by atoms with Crippen molar-refractivity contribution in [1.29, 1.82) is 0 Å². The highest BCUT2D eigenvalue weighted by molar-refractivity contribution is 7.92. The van der Waals surface area contributed by atoms with Gasteiger partial charge in [-0.05, 0) is 37.0 Å². The fourth-order valence-corrected chi connectivity index (χ4v) is 4.59. The van der Waals surface area contributed by atoms with Gasteiger partial charge in [0.2, 0.25) is 0 Å². The summed E-state index contributed by atoms with van der Waals surface area (Å²) in [6.45, 7) is 0. The second kappa shape index (κ2) is 5.36. The molecule has 0 bridgehead atoms. The van der Waals surface area contributed by atoms with Gasteiger partial charge >= 0.3 is 0 Å². The quantitative estimate of drug-likeness (QED) is 0.909. The van der Waals surface area contributed by atoms with Gasteiger partial charge in [0, 0.05) is 6.04 Å². The van der Waals surface area contributed by atoms with E-state index in [-0.39, 0.29) is 11.6 Å². The van der Waals surface area contributed by atoms with E-state index in [1.54, 1.807) is 12.1 Å². The lowest BCUT2D eigenvalue weighted by atomic mass is 10.0. The summed E-state index contributed by atoms with van der Waals surface area (Å²) in [5, 5.41) is -0.477. The second-order valence-electron chi connectivity index (χ2n) is 4.90. The molecule has 1 aliphatic rings. The van der Waals surface area contributed by atoms with E-state index in [2.05, 4.69) is 0 Å². The third-order valence-electron chi connectivity index (χ3n) is 3.47. The molecule has 0 amide bonds. The van der Waals surface area contributed by atoms with Crippen molar-refractivity contribution in [2.45, 2.75) is 37.0 Å². The van der Waals surface area contributed by atoms with Crippen LogP contribution in [0.1, 0.15) is 24.8 Å². The van der Waals surface area contributed by atoms with E-state index in [0.717, 1.165) is 18.4 Å². The summed E-state index contributed by atoms with van der Waals surface area (Å²) >= 11 is 0. The van der Waals surface area contributed by atoms with Crippen LogP contribution in [-0.4, -0.2) is 25.5 Å². The molecule has 18 heavy (non-hydrogen) atoms. The number of sulfone groups is 1. The van der Waals surface area contributed by atoms with Crippen molar-refractivity contribution >= 4 is 9.84 Å². The minimum Gasteiger partial charge on any atom is -0.326 e. The predicted octanol–water partition coefficient (Wildman–Crippen LogP) is 1.66. The molecule has 0 saturated carbocycles. The Morgan fingerprint density at radius 2 is 2.17 bits per heavy atom. The Bertz CT molecular complexity index is 515. The molecule has 0 aromatic heterocycles. The molecule has 0 aliphatic carbocycles. The lowest BCUT2D eigenvalue weighted by Crippen LogP contribution is -2.44. The Balaban J connectivity index is 2.09. The molecule has 2 unspecified atom stereocenters. The maximum Gasteiger partial charge on any atom is 0.154 e. The first-order valence-corrected chi connectivity index (χ1v) is 7.92. The standard InChI is InChI=1S/C13H18FNO2S/c14-11-5-3-4-10(8-11)9-12(15)13-6-1-2-7-18(13,16)17/h3-5,8,12-13H,1-2,6-7,9,15H2. The average Bonchev–Trinajstić information content (AvgIpc) is 2.28. The van der Waals surface area contributed by atoms with Crippen molar-refractivity contribution in [3.8, 4) is 0 Å². The summed E-state index contributed by atoms with van der Waals surface area (Å²) in [6, 6.07) is 5.73. The molecule has 1 saturated heterocycles. The van der Waals surface area contributed by atoms with E-state index in [0.29, 0.717) is 12.8 Å². The van der Waals surface area contributed by atoms with E-state index in [1.807, 2.05) is 0 Å². The summed E-state index contributed by atoms with van der Waals surface area (Å²) in [4.78, 5) is 0. The highest BCUT2D eigenvalue weighted by atomic mass is 32.2. The van der Waals surface area contributed by atoms with Crippen LogP contribution in [0, 0.1) is 5.82 Å². The first-order chi connectivity index (χ1) is 8.49. The van der Waals surface area contributed by atoms with Crippen LogP contribution in [0.5, 0.6) is 0 Å². The van der Waals surface area contributed by atoms with Crippen molar-refractivity contribution in [2.24, 2.45) is 5.73 Å². The van der Waals surface area contributed by atoms with Gasteiger partial charge < -0.3 is 5.73 Å². The third kappa shape index (κ3) is 3.09. The molecule has 3 nitrogen and oxygen atoms in total. The molecule has 0 spiro atoms. The van der Waals surface area contributed by atoms with Crippen LogP contribution in [0.15, 0.2) is 24.3 Å². The Kier molecular flexibility index (Phi) is 4.02. The Morgan fingerprint density at radius 1 is 1.39 bits per heavy atom. The van der Waals surface area contributed by atoms with Crippen molar-refractivity contribution < 1.29 is 12.8 Å². The highest BCUT2D eigenvalue weighted by Crippen LogP contribution is 2.23. The predicted molar refractivity (Wildman–Crippen MR) is 69.5 cm³/mol. The molecule has 1 aromatic rings. The summed E-state index contributed by atoms with van der Waals surface area (Å²) in [6.07, 6.45) is 2.66. The smallest absolute Gasteiger partial charge is 0.154 e. The van der Waals surface area contributed by atoms with Crippen molar-refractivity contribution in [3.63, 3.8) is 0 Å². The zero-order chi connectivity index (χ0) is 13.2. The lowest BCUT2D eigenvalue weighted by Gasteiger charge is -2.27. The maximum atomic E-state index is 13.1. The van der Waals surface area contributed by atoms with E-state index >= 15 is 0 Å². The molecule has 1 aliphatic heterocycles. The first-order valence-electron chi connectivity index (χ1n) is 6.20. The molecule has 0 radical (unpaired) electrons. The maximum absolute atomic E-state index is 13.1. The molecular formula is C13H18FNO2S. The van der Waals surface area contributed by atoms with E-state index < -0.39 is 21.1 Å². The van der Waals surface area contributed by atoms with Crippen LogP contribution in [0.3, 0.4) is 0 Å². The largest absolute Gasteiger partial charge is 0.326 e. The van der Waals surface area contributed by atoms with Gasteiger partial charge in [-0.25, -0.2) is 12.8 Å². The molecule has 1 heterocycles. The number of rotatable bonds is 3. The molecule has 2 atom stereocenters. The van der Waals surface area contributed by atoms with E-state index in [4.69, 9.17) is 5.73 Å². The summed E-state index contributed by atoms with van der Waals surface area (Å²) in [5.74, 6) is -0.0830. The number of halogens is 1. The van der Waals surface area contributed by atoms with Gasteiger partial charge in [0.1, 0.15) is 5.82 Å². The average molecular weight is 271 g/mol. The molecule has 2 rings (SSSR count). The topological polar surface area (TPSA) is 60.2 Å². The lowest BCUT2D eigenvalue weighted by molar-refractivity contribution is 0.494. The van der Waals surface area contributed by atoms with Gasteiger partial charge in [-0.3, -0.25) is 0 Å². The van der Waals surface area contributed by atoms with Crippen LogP contribution in [-0.2, 0) is 16.3 Å². The van der Waals surface area contributed by atoms with E-state index in [1.165, 1.54) is 12.1 Å². The Labute approximate surface area is 107 Å². The summed E-state index contributed by atoms with van der Waals surface area (Å²) in [7, 11) is -3.07. The normalized spacial score (nSPS) is 24.7. The SMILES string of the molecule is NC(Cc1cccc(F)c1)C1CCCCS1(=O)=O. The van der Waals surface area contributed by atoms with E-state index in [9.17, 15) is 12.8 Å². The number of hydrogen-bond donors (Lipinski definition) is 1. The molecule has 2 N–H and O–H groups in total. The summed E-state index contributed by atoms with van der Waals surface area (Å²) < 4.78 is 36.9. The molecular weight excluding hydrogens is 253 g/mol. The van der Waals surface area contributed by atoms with Crippen molar-refractivity contribution in [2.75, 3.05) is 5.75 Å². The number of nitrogens with two attached hydrogens (primary N) is 1. The summed E-state index contributed by atoms with van der Waals surface area (Å²) in [5.41, 5.74) is 6.76. The zero-order valence-corrected chi connectivity index (χ0v) is 11.0. The highest BCUT2D eigenvalue weighted by Gasteiger charge is 2.33. The minimum atomic E-state index is -3.07. The molecule has 5 heteroatoms. The fourth-order valence-electron chi connectivity index (χ4n) is 2.53. The first kappa shape index (κ1) is 13.5. The van der Waals surface area contributed by atoms with Gasteiger partial charge in [-0.1, -0.05) is 18.6 Å². The van der Waals surface area contributed by atoms with Gasteiger partial charge in [0.05, 0.1) is 11.0 Å². The zero-order valence-electron chi connectivity index (χ0n) is 10.2. The molecule has 1 fully saturated rings. The van der Waals surface area contributed by atoms with Gasteiger partial charge in [0.25, 0.3) is 0 Å². The van der Waals surface area contributed by atoms with Crippen LogP contribution < -0.4 is 5.73 Å². The van der Waals surface area contributed by atoms with Crippen molar-refractivity contribution in [3.05, 3.63) is 35.6 Å². The monoisotopic (exact) mass is 271 g/mol. The van der Waals surface area contributed by atoms with Crippen LogP contribution in [0.2, 0.25) is 0 Å². The Hall–Kier alpha value is -0.940. The minimum absolute atomic E-state index is 0.231. The second-order valence-corrected chi connectivity index (χ2v) is 7.24. The van der Waals surface area contributed by atoms with Gasteiger partial charge in [-0.2, -0.15) is 0 Å². The van der Waals surface area contributed by atoms with Gasteiger partial charge in [-0.15, -0.1) is 0 Å². The van der Waals surface area contributed by atoms with Crippen molar-refractivity contribution in [1.82, 2.24) is 0 Å². The Morgan fingerprint density at radius 3 is 2.83 bits per heavy atom. The fraction of sp³-hybridized carbons (Fsp3) is 0.538. The molecule has 100 valence electrons. The molecule has 1 aromatic carbocycles. The van der Waals surface area contributed by atoms with Crippen LogP contribution in [0.4, 0.5) is 4.39 Å². The third-order valence-corrected chi connectivity index (χ3v) is 5.83. The van der Waals surface area contributed by atoms with Gasteiger partial charge in [0.15, 0.2) is 9.84 Å². The van der Waals surface area contributed by atoms with Crippen LogP contribution >= 0.6 is 0 Å².